The lowest BCUT2D eigenvalue weighted by atomic mass is 9.78. The van der Waals surface area contributed by atoms with Gasteiger partial charge in [0.2, 0.25) is 0 Å². The summed E-state index contributed by atoms with van der Waals surface area (Å²) in [7, 11) is -1.57. The van der Waals surface area contributed by atoms with Crippen LogP contribution in [0.1, 0.15) is 40.5 Å². The number of allylic oxidation sites excluding steroid dienone is 4. The van der Waals surface area contributed by atoms with Crippen molar-refractivity contribution in [2.24, 2.45) is 10.8 Å². The molecule has 0 spiro atoms. The number of benzene rings is 2. The first-order chi connectivity index (χ1) is 12.2. The Hall–Kier alpha value is -1.65. The van der Waals surface area contributed by atoms with Crippen LogP contribution in [0, 0.1) is 10.8 Å². The van der Waals surface area contributed by atoms with Gasteiger partial charge in [0.15, 0.2) is 0 Å². The summed E-state index contributed by atoms with van der Waals surface area (Å²) >= 11 is 0. The van der Waals surface area contributed by atoms with Crippen molar-refractivity contribution in [2.45, 2.75) is 40.5 Å². The van der Waals surface area contributed by atoms with E-state index in [9.17, 15) is 0 Å². The zero-order valence-corrected chi connectivity index (χ0v) is 17.6. The molecular weight excluding hydrogens is 331 g/mol. The van der Waals surface area contributed by atoms with E-state index in [2.05, 4.69) is 101 Å². The molecule has 0 N–H and O–H groups in total. The van der Waals surface area contributed by atoms with E-state index in [1.54, 1.807) is 16.5 Å². The highest BCUT2D eigenvalue weighted by molar-refractivity contribution is 7.92. The van der Waals surface area contributed by atoms with Crippen molar-refractivity contribution >= 4 is 17.9 Å². The molecule has 26 heavy (non-hydrogen) atoms. The van der Waals surface area contributed by atoms with Gasteiger partial charge in [0.1, 0.15) is 17.9 Å². The van der Waals surface area contributed by atoms with Crippen molar-refractivity contribution in [3.8, 4) is 0 Å². The van der Waals surface area contributed by atoms with E-state index >= 15 is 0 Å². The van der Waals surface area contributed by atoms with Crippen LogP contribution >= 0.6 is 7.26 Å². The first-order valence-electron chi connectivity index (χ1n) is 9.68. The predicted octanol–water partition coefficient (Wildman–Crippen LogP) is 6.33. The second kappa shape index (κ2) is 5.93. The third-order valence-corrected chi connectivity index (χ3v) is 10.6. The minimum Gasteiger partial charge on any atom is -0.0620 e. The Morgan fingerprint density at radius 2 is 1.23 bits per heavy atom. The summed E-state index contributed by atoms with van der Waals surface area (Å²) in [6.45, 7) is 12.3. The van der Waals surface area contributed by atoms with Crippen LogP contribution in [0.4, 0.5) is 0 Å². The molecule has 0 bridgehead atoms. The minimum atomic E-state index is -1.57. The van der Waals surface area contributed by atoms with Gasteiger partial charge in [-0.25, -0.2) is 0 Å². The SMILES string of the molecule is CC1(C)CC(C)(C)C2=C1C=C([P+](C)(c1ccccc1)c1ccccc1)C2. The Balaban J connectivity index is 1.86. The van der Waals surface area contributed by atoms with Gasteiger partial charge in [-0.3, -0.25) is 0 Å². The maximum Gasteiger partial charge on any atom is 0.105 e. The van der Waals surface area contributed by atoms with Crippen molar-refractivity contribution in [1.29, 1.82) is 0 Å². The third-order valence-electron chi connectivity index (χ3n) is 6.54. The normalized spacial score (nSPS) is 20.9. The molecule has 4 rings (SSSR count). The largest absolute Gasteiger partial charge is 0.105 e. The van der Waals surface area contributed by atoms with Crippen LogP contribution in [0.5, 0.6) is 0 Å². The zero-order chi connectivity index (χ0) is 18.6. The number of hydrogen-bond donors (Lipinski definition) is 0. The molecule has 0 atom stereocenters. The van der Waals surface area contributed by atoms with Gasteiger partial charge >= 0.3 is 0 Å². The van der Waals surface area contributed by atoms with Gasteiger partial charge in [-0.2, -0.15) is 0 Å². The van der Waals surface area contributed by atoms with E-state index in [-0.39, 0.29) is 0 Å². The molecule has 0 unspecified atom stereocenters. The quantitative estimate of drug-likeness (QED) is 0.561. The summed E-state index contributed by atoms with van der Waals surface area (Å²) in [4.78, 5) is 0. The van der Waals surface area contributed by atoms with E-state index in [1.807, 2.05) is 0 Å². The smallest absolute Gasteiger partial charge is 0.0620 e. The fraction of sp³-hybridized carbons (Fsp3) is 0.360. The van der Waals surface area contributed by atoms with Crippen LogP contribution in [0.15, 0.2) is 83.2 Å². The Labute approximate surface area is 159 Å². The Morgan fingerprint density at radius 1 is 0.731 bits per heavy atom. The predicted molar refractivity (Wildman–Crippen MR) is 117 cm³/mol. The molecule has 0 saturated heterocycles. The molecule has 0 aromatic heterocycles. The third kappa shape index (κ3) is 2.62. The van der Waals surface area contributed by atoms with Gasteiger partial charge in [0.25, 0.3) is 0 Å². The molecule has 0 heterocycles. The van der Waals surface area contributed by atoms with Gasteiger partial charge in [-0.1, -0.05) is 69.7 Å². The highest BCUT2D eigenvalue weighted by atomic mass is 31.2. The molecule has 0 nitrogen and oxygen atoms in total. The van der Waals surface area contributed by atoms with Crippen LogP contribution in [-0.2, 0) is 0 Å². The second-order valence-electron chi connectivity index (χ2n) is 9.33. The van der Waals surface area contributed by atoms with Gasteiger partial charge in [-0.15, -0.1) is 0 Å². The van der Waals surface area contributed by atoms with Gasteiger partial charge in [0, 0.05) is 6.42 Å². The van der Waals surface area contributed by atoms with E-state index in [0.29, 0.717) is 10.8 Å². The Morgan fingerprint density at radius 3 is 1.69 bits per heavy atom. The van der Waals surface area contributed by atoms with Gasteiger partial charge in [0.05, 0.1) is 12.0 Å². The second-order valence-corrected chi connectivity index (χ2v) is 12.9. The lowest BCUT2D eigenvalue weighted by Gasteiger charge is -2.30. The molecule has 1 heteroatoms. The summed E-state index contributed by atoms with van der Waals surface area (Å²) in [6, 6.07) is 22.4. The summed E-state index contributed by atoms with van der Waals surface area (Å²) in [5, 5.41) is 4.64. The van der Waals surface area contributed by atoms with Crippen LogP contribution < -0.4 is 10.6 Å². The van der Waals surface area contributed by atoms with E-state index < -0.39 is 7.26 Å². The van der Waals surface area contributed by atoms with Crippen molar-refractivity contribution in [3.05, 3.63) is 83.2 Å². The van der Waals surface area contributed by atoms with E-state index in [0.717, 1.165) is 6.42 Å². The highest BCUT2D eigenvalue weighted by Gasteiger charge is 2.51. The van der Waals surface area contributed by atoms with Gasteiger partial charge < -0.3 is 0 Å². The standard InChI is InChI=1S/C25H30P/c1-24(2)18-25(3,4)23-17-21(16-22(23)24)26(5,19-12-8-6-9-13-19)20-14-10-7-11-15-20/h6-16H,17-18H2,1-5H3/q+1. The van der Waals surface area contributed by atoms with E-state index in [4.69, 9.17) is 0 Å². The molecule has 0 saturated carbocycles. The van der Waals surface area contributed by atoms with Crippen LogP contribution in [0.3, 0.4) is 0 Å². The van der Waals surface area contributed by atoms with Crippen LogP contribution in [0.25, 0.3) is 0 Å². The minimum absolute atomic E-state index is 0.290. The van der Waals surface area contributed by atoms with Gasteiger partial charge in [-0.05, 0) is 53.2 Å². The Bertz CT molecular complexity index is 843. The highest BCUT2D eigenvalue weighted by Crippen LogP contribution is 2.68. The van der Waals surface area contributed by atoms with Crippen LogP contribution in [0.2, 0.25) is 0 Å². The zero-order valence-electron chi connectivity index (χ0n) is 16.7. The molecule has 2 aromatic rings. The fourth-order valence-corrected chi connectivity index (χ4v) is 8.68. The lowest BCUT2D eigenvalue weighted by Crippen LogP contribution is -2.24. The average molecular weight is 361 g/mol. The molecule has 2 aromatic carbocycles. The summed E-state index contributed by atoms with van der Waals surface area (Å²) in [5.74, 6) is 0. The maximum atomic E-state index is 2.60. The van der Waals surface area contributed by atoms with Crippen molar-refractivity contribution in [3.63, 3.8) is 0 Å². The first kappa shape index (κ1) is 17.7. The molecule has 0 radical (unpaired) electrons. The molecule has 0 aliphatic heterocycles. The van der Waals surface area contributed by atoms with Crippen LogP contribution in [-0.4, -0.2) is 6.66 Å². The molecule has 0 fully saturated rings. The lowest BCUT2D eigenvalue weighted by molar-refractivity contribution is 0.315. The molecule has 2 aliphatic carbocycles. The molecule has 134 valence electrons. The average Bonchev–Trinajstić information content (AvgIpc) is 3.15. The summed E-state index contributed by atoms with van der Waals surface area (Å²) < 4.78 is 0. The van der Waals surface area contributed by atoms with Crippen molar-refractivity contribution in [1.82, 2.24) is 0 Å². The van der Waals surface area contributed by atoms with Crippen molar-refractivity contribution in [2.75, 3.05) is 6.66 Å². The monoisotopic (exact) mass is 361 g/mol. The maximum absolute atomic E-state index is 2.60. The first-order valence-corrected chi connectivity index (χ1v) is 11.9. The Kier molecular flexibility index (Phi) is 4.05. The molecule has 0 amide bonds. The van der Waals surface area contributed by atoms with Crippen molar-refractivity contribution < 1.29 is 0 Å². The molecular formula is C25H30P+. The fourth-order valence-electron chi connectivity index (χ4n) is 5.32. The number of rotatable bonds is 3. The molecule has 2 aliphatic rings. The number of hydrogen-bond acceptors (Lipinski definition) is 0. The topological polar surface area (TPSA) is 0 Å². The van der Waals surface area contributed by atoms with E-state index in [1.165, 1.54) is 17.0 Å². The summed E-state index contributed by atoms with van der Waals surface area (Å²) in [6.07, 6.45) is 5.01. The summed E-state index contributed by atoms with van der Waals surface area (Å²) in [5.41, 5.74) is 3.92.